The molecule has 0 saturated carbocycles. The summed E-state index contributed by atoms with van der Waals surface area (Å²) in [5.41, 5.74) is -0.803. The summed E-state index contributed by atoms with van der Waals surface area (Å²) in [5, 5.41) is 0. The lowest BCUT2D eigenvalue weighted by molar-refractivity contribution is 0.0473. The number of aromatic nitrogens is 1. The average molecular weight is 309 g/mol. The molecule has 0 aromatic carbocycles. The van der Waals surface area contributed by atoms with E-state index in [9.17, 15) is 22.0 Å². The Morgan fingerprint density at radius 3 is 2.75 bits per heavy atom. The Morgan fingerprint density at radius 2 is 2.25 bits per heavy atom. The quantitative estimate of drug-likeness (QED) is 0.787. The minimum atomic E-state index is -3.20. The van der Waals surface area contributed by atoms with Crippen LogP contribution in [0, 0.1) is 0 Å². The van der Waals surface area contributed by atoms with Gasteiger partial charge in [-0.2, -0.15) is 0 Å². The molecule has 20 heavy (non-hydrogen) atoms. The smallest absolute Gasteiger partial charge is 0.376 e. The summed E-state index contributed by atoms with van der Waals surface area (Å²) in [6, 6.07) is 0. The van der Waals surface area contributed by atoms with Crippen molar-refractivity contribution >= 4 is 15.8 Å². The van der Waals surface area contributed by atoms with Gasteiger partial charge in [0.15, 0.2) is 21.4 Å². The Morgan fingerprint density at radius 1 is 1.55 bits per heavy atom. The molecule has 2 heterocycles. The second-order valence-corrected chi connectivity index (χ2v) is 6.62. The number of rotatable bonds is 4. The third-order valence-corrected chi connectivity index (χ3v) is 4.69. The lowest BCUT2D eigenvalue weighted by Crippen LogP contribution is -2.06. The maximum Gasteiger partial charge on any atom is 0.376 e. The number of alkyl halides is 2. The van der Waals surface area contributed by atoms with Crippen LogP contribution in [0.25, 0.3) is 0 Å². The van der Waals surface area contributed by atoms with Crippen LogP contribution < -0.4 is 0 Å². The van der Waals surface area contributed by atoms with Crippen molar-refractivity contribution in [2.45, 2.75) is 25.7 Å². The minimum Gasteiger partial charge on any atom is -0.460 e. The Kier molecular flexibility index (Phi) is 4.07. The Labute approximate surface area is 114 Å². The third kappa shape index (κ3) is 2.97. The maximum absolute atomic E-state index is 12.8. The largest absolute Gasteiger partial charge is 0.460 e. The minimum absolute atomic E-state index is 0.00928. The molecule has 9 heteroatoms. The molecular weight excluding hydrogens is 296 g/mol. The molecule has 2 rings (SSSR count). The predicted octanol–water partition coefficient (Wildman–Crippen LogP) is 1.69. The Bertz CT molecular complexity index is 610. The van der Waals surface area contributed by atoms with Crippen molar-refractivity contribution in [1.29, 1.82) is 0 Å². The fourth-order valence-electron chi connectivity index (χ4n) is 2.00. The van der Waals surface area contributed by atoms with Gasteiger partial charge in [0.1, 0.15) is 0 Å². The van der Waals surface area contributed by atoms with Crippen molar-refractivity contribution in [3.05, 3.63) is 17.3 Å². The van der Waals surface area contributed by atoms with Gasteiger partial charge in [0.2, 0.25) is 5.76 Å². The monoisotopic (exact) mass is 309 g/mol. The number of esters is 1. The highest BCUT2D eigenvalue weighted by atomic mass is 32.2. The first-order valence-electron chi connectivity index (χ1n) is 6.00. The second-order valence-electron chi connectivity index (χ2n) is 4.39. The Balaban J connectivity index is 2.32. The van der Waals surface area contributed by atoms with E-state index in [-0.39, 0.29) is 30.4 Å². The first kappa shape index (κ1) is 14.9. The molecule has 1 saturated heterocycles. The van der Waals surface area contributed by atoms with Gasteiger partial charge in [-0.3, -0.25) is 0 Å². The number of oxazole rings is 1. The highest BCUT2D eigenvalue weighted by Gasteiger charge is 2.36. The lowest BCUT2D eigenvalue weighted by atomic mass is 10.1. The van der Waals surface area contributed by atoms with E-state index >= 15 is 0 Å². The second kappa shape index (κ2) is 5.47. The van der Waals surface area contributed by atoms with Gasteiger partial charge in [-0.15, -0.1) is 0 Å². The number of nitrogens with zero attached hydrogens (tertiary/aromatic N) is 1. The van der Waals surface area contributed by atoms with Crippen molar-refractivity contribution in [2.75, 3.05) is 18.1 Å². The molecule has 0 spiro atoms. The molecule has 0 radical (unpaired) electrons. The van der Waals surface area contributed by atoms with E-state index in [1.807, 2.05) is 0 Å². The van der Waals surface area contributed by atoms with Crippen LogP contribution in [0.15, 0.2) is 4.42 Å². The molecule has 6 nitrogen and oxygen atoms in total. The third-order valence-electron chi connectivity index (χ3n) is 2.92. The van der Waals surface area contributed by atoms with Crippen LogP contribution in [0.5, 0.6) is 0 Å². The molecule has 1 unspecified atom stereocenters. The summed E-state index contributed by atoms with van der Waals surface area (Å²) >= 11 is 0. The number of hydrogen-bond acceptors (Lipinski definition) is 6. The molecule has 1 aromatic rings. The lowest BCUT2D eigenvalue weighted by Gasteiger charge is -2.00. The van der Waals surface area contributed by atoms with Gasteiger partial charge >= 0.3 is 5.97 Å². The molecule has 0 amide bonds. The zero-order valence-electron chi connectivity index (χ0n) is 10.6. The van der Waals surface area contributed by atoms with Crippen LogP contribution in [0.2, 0.25) is 0 Å². The molecular formula is C11H13F2NO5S. The zero-order chi connectivity index (χ0) is 14.9. The summed E-state index contributed by atoms with van der Waals surface area (Å²) in [4.78, 5) is 15.1. The number of ether oxygens (including phenoxy) is 1. The van der Waals surface area contributed by atoms with Gasteiger partial charge in [-0.1, -0.05) is 0 Å². The van der Waals surface area contributed by atoms with E-state index < -0.39 is 39.6 Å². The number of carbonyl (C=O) groups excluding carboxylic acids is 1. The zero-order valence-corrected chi connectivity index (χ0v) is 11.5. The normalized spacial score (nSPS) is 21.3. The van der Waals surface area contributed by atoms with E-state index in [1.54, 1.807) is 0 Å². The summed E-state index contributed by atoms with van der Waals surface area (Å²) in [7, 11) is -3.20. The standard InChI is InChI=1S/C11H13F2NO5S/c1-2-18-11(15)8-7(9(12)13)14-10(19-8)6-3-4-20(16,17)5-6/h6,9H,2-5H2,1H3. The van der Waals surface area contributed by atoms with Crippen molar-refractivity contribution in [3.8, 4) is 0 Å². The topological polar surface area (TPSA) is 86.5 Å². The molecule has 0 aliphatic carbocycles. The van der Waals surface area contributed by atoms with E-state index in [4.69, 9.17) is 4.42 Å². The van der Waals surface area contributed by atoms with Gasteiger partial charge in [0.25, 0.3) is 6.43 Å². The van der Waals surface area contributed by atoms with Crippen molar-refractivity contribution in [1.82, 2.24) is 4.98 Å². The van der Waals surface area contributed by atoms with Crippen molar-refractivity contribution < 1.29 is 31.1 Å². The molecule has 1 aliphatic rings. The average Bonchev–Trinajstić information content (AvgIpc) is 2.92. The predicted molar refractivity (Wildman–Crippen MR) is 63.4 cm³/mol. The van der Waals surface area contributed by atoms with Crippen LogP contribution in [-0.4, -0.2) is 37.5 Å². The highest BCUT2D eigenvalue weighted by molar-refractivity contribution is 7.91. The van der Waals surface area contributed by atoms with Crippen LogP contribution in [0.1, 0.15) is 47.8 Å². The van der Waals surface area contributed by atoms with Gasteiger partial charge in [-0.05, 0) is 13.3 Å². The summed E-state index contributed by atoms with van der Waals surface area (Å²) < 4.78 is 58.0. The van der Waals surface area contributed by atoms with E-state index in [1.165, 1.54) is 6.92 Å². The molecule has 1 aliphatic heterocycles. The summed E-state index contributed by atoms with van der Waals surface area (Å²) in [5.74, 6) is -2.68. The van der Waals surface area contributed by atoms with Gasteiger partial charge < -0.3 is 9.15 Å². The number of halogens is 2. The molecule has 1 aromatic heterocycles. The fraction of sp³-hybridized carbons (Fsp3) is 0.636. The number of carbonyl (C=O) groups is 1. The van der Waals surface area contributed by atoms with Gasteiger partial charge in [0, 0.05) is 0 Å². The van der Waals surface area contributed by atoms with Gasteiger partial charge in [-0.25, -0.2) is 27.0 Å². The van der Waals surface area contributed by atoms with E-state index in [0.29, 0.717) is 0 Å². The van der Waals surface area contributed by atoms with Crippen LogP contribution in [-0.2, 0) is 14.6 Å². The van der Waals surface area contributed by atoms with Gasteiger partial charge in [0.05, 0.1) is 24.0 Å². The van der Waals surface area contributed by atoms with Crippen LogP contribution in [0.3, 0.4) is 0 Å². The van der Waals surface area contributed by atoms with Crippen molar-refractivity contribution in [3.63, 3.8) is 0 Å². The first-order chi connectivity index (χ1) is 9.34. The molecule has 0 bridgehead atoms. The summed E-state index contributed by atoms with van der Waals surface area (Å²) in [6.45, 7) is 1.54. The SMILES string of the molecule is CCOC(=O)c1oc(C2CCS(=O)(=O)C2)nc1C(F)F. The molecule has 1 atom stereocenters. The fourth-order valence-corrected chi connectivity index (χ4v) is 3.74. The summed E-state index contributed by atoms with van der Waals surface area (Å²) in [6.07, 6.45) is -2.75. The van der Waals surface area contributed by atoms with E-state index in [0.717, 1.165) is 0 Å². The molecule has 112 valence electrons. The van der Waals surface area contributed by atoms with Crippen LogP contribution >= 0.6 is 0 Å². The Hall–Kier alpha value is -1.51. The van der Waals surface area contributed by atoms with Crippen molar-refractivity contribution in [2.24, 2.45) is 0 Å². The first-order valence-corrected chi connectivity index (χ1v) is 7.82. The van der Waals surface area contributed by atoms with E-state index in [2.05, 4.69) is 9.72 Å². The number of hydrogen-bond donors (Lipinski definition) is 0. The molecule has 0 N–H and O–H groups in total. The maximum atomic E-state index is 12.8. The van der Waals surface area contributed by atoms with Crippen LogP contribution in [0.4, 0.5) is 8.78 Å². The molecule has 1 fully saturated rings. The number of sulfone groups is 1. The highest BCUT2D eigenvalue weighted by Crippen LogP contribution is 2.32.